The standard InChI is InChI=1S/C22H21F6NO3/c1-19(2)14-8-11(20(30,21(23,24)25)22(26,27)28)4-6-16(14)29-18-13-9-12(31-3)5-7-17(13)32-10-15(18)19/h4-9,15,18,29-30H,10H2,1-3H3. The van der Waals surface area contributed by atoms with Crippen LogP contribution in [0.25, 0.3) is 0 Å². The Hall–Kier alpha value is -2.62. The zero-order chi connectivity index (χ0) is 23.7. The minimum atomic E-state index is -5.95. The summed E-state index contributed by atoms with van der Waals surface area (Å²) in [6.45, 7) is 3.68. The highest BCUT2D eigenvalue weighted by atomic mass is 19.4. The molecule has 0 fully saturated rings. The van der Waals surface area contributed by atoms with E-state index in [1.807, 2.05) is 0 Å². The van der Waals surface area contributed by atoms with Gasteiger partial charge in [0, 0.05) is 28.1 Å². The summed E-state index contributed by atoms with van der Waals surface area (Å²) in [6.07, 6.45) is -11.9. The summed E-state index contributed by atoms with van der Waals surface area (Å²) >= 11 is 0. The minimum absolute atomic E-state index is 0.205. The lowest BCUT2D eigenvalue weighted by atomic mass is 9.64. The van der Waals surface area contributed by atoms with Crippen molar-refractivity contribution in [1.29, 1.82) is 0 Å². The van der Waals surface area contributed by atoms with Crippen LogP contribution in [0.3, 0.4) is 0 Å². The van der Waals surface area contributed by atoms with E-state index in [1.54, 1.807) is 32.0 Å². The van der Waals surface area contributed by atoms with Crippen molar-refractivity contribution in [3.8, 4) is 11.5 Å². The third-order valence-electron chi connectivity index (χ3n) is 6.56. The lowest BCUT2D eigenvalue weighted by Gasteiger charge is -2.49. The summed E-state index contributed by atoms with van der Waals surface area (Å²) in [5.74, 6) is 0.905. The first kappa shape index (κ1) is 22.6. The number of nitrogens with one attached hydrogen (secondary N) is 1. The second kappa shape index (κ2) is 6.94. The highest BCUT2D eigenvalue weighted by Crippen LogP contribution is 2.55. The molecule has 2 aromatic rings. The van der Waals surface area contributed by atoms with Gasteiger partial charge in [-0.15, -0.1) is 0 Å². The summed E-state index contributed by atoms with van der Waals surface area (Å²) in [5, 5.41) is 13.1. The van der Waals surface area contributed by atoms with Crippen molar-refractivity contribution < 1.29 is 40.9 Å². The van der Waals surface area contributed by atoms with E-state index in [-0.39, 0.29) is 24.1 Å². The fourth-order valence-corrected chi connectivity index (χ4v) is 4.61. The summed E-state index contributed by atoms with van der Waals surface area (Å²) in [4.78, 5) is 0. The van der Waals surface area contributed by atoms with E-state index in [9.17, 15) is 31.4 Å². The molecule has 0 aliphatic carbocycles. The van der Waals surface area contributed by atoms with Gasteiger partial charge in [0.05, 0.1) is 19.8 Å². The number of hydrogen-bond acceptors (Lipinski definition) is 4. The maximum atomic E-state index is 13.4. The quantitative estimate of drug-likeness (QED) is 0.584. The van der Waals surface area contributed by atoms with Crippen LogP contribution in [0, 0.1) is 5.92 Å². The van der Waals surface area contributed by atoms with Crippen molar-refractivity contribution in [3.63, 3.8) is 0 Å². The van der Waals surface area contributed by atoms with Crippen LogP contribution in [-0.2, 0) is 11.0 Å². The number of benzene rings is 2. The largest absolute Gasteiger partial charge is 0.497 e. The van der Waals surface area contributed by atoms with Gasteiger partial charge in [0.1, 0.15) is 11.5 Å². The Labute approximate surface area is 180 Å². The molecule has 2 atom stereocenters. The number of rotatable bonds is 2. The molecule has 2 aliphatic rings. The van der Waals surface area contributed by atoms with Crippen LogP contribution < -0.4 is 14.8 Å². The average Bonchev–Trinajstić information content (AvgIpc) is 2.70. The van der Waals surface area contributed by atoms with Gasteiger partial charge in [0.2, 0.25) is 0 Å². The van der Waals surface area contributed by atoms with Crippen LogP contribution in [-0.4, -0.2) is 31.2 Å². The van der Waals surface area contributed by atoms with E-state index in [2.05, 4.69) is 5.32 Å². The third-order valence-corrected chi connectivity index (χ3v) is 6.56. The van der Waals surface area contributed by atoms with Crippen molar-refractivity contribution in [2.24, 2.45) is 5.92 Å². The monoisotopic (exact) mass is 461 g/mol. The lowest BCUT2D eigenvalue weighted by Crippen LogP contribution is -2.54. The normalized spacial score (nSPS) is 22.1. The van der Waals surface area contributed by atoms with Crippen LogP contribution in [0.5, 0.6) is 11.5 Å². The van der Waals surface area contributed by atoms with Crippen molar-refractivity contribution in [1.82, 2.24) is 0 Å². The first-order valence-corrected chi connectivity index (χ1v) is 9.80. The number of fused-ring (bicyclic) bond motifs is 4. The van der Waals surface area contributed by atoms with Gasteiger partial charge in [-0.1, -0.05) is 19.9 Å². The Bertz CT molecular complexity index is 1030. The molecule has 0 aromatic heterocycles. The Morgan fingerprint density at radius 1 is 1.03 bits per heavy atom. The number of halogens is 6. The SMILES string of the molecule is COc1ccc2c(c1)C1Nc3ccc(C(O)(C(F)(F)F)C(F)(F)F)cc3C(C)(C)C1CO2. The molecular weight excluding hydrogens is 440 g/mol. The van der Waals surface area contributed by atoms with E-state index < -0.39 is 28.9 Å². The maximum absolute atomic E-state index is 13.4. The van der Waals surface area contributed by atoms with Gasteiger partial charge in [-0.05, 0) is 35.9 Å². The lowest BCUT2D eigenvalue weighted by molar-refractivity contribution is -0.376. The summed E-state index contributed by atoms with van der Waals surface area (Å²) in [7, 11) is 1.51. The van der Waals surface area contributed by atoms with E-state index in [1.165, 1.54) is 7.11 Å². The number of aliphatic hydroxyl groups is 1. The van der Waals surface area contributed by atoms with Crippen LogP contribution in [0.1, 0.15) is 36.6 Å². The molecule has 0 saturated carbocycles. The van der Waals surface area contributed by atoms with Crippen molar-refractivity contribution >= 4 is 5.69 Å². The first-order chi connectivity index (χ1) is 14.7. The minimum Gasteiger partial charge on any atom is -0.497 e. The first-order valence-electron chi connectivity index (χ1n) is 9.80. The van der Waals surface area contributed by atoms with Crippen molar-refractivity contribution in [2.45, 2.75) is 43.3 Å². The summed E-state index contributed by atoms with van der Waals surface area (Å²) in [6, 6.07) is 7.59. The van der Waals surface area contributed by atoms with Gasteiger partial charge >= 0.3 is 12.4 Å². The van der Waals surface area contributed by atoms with Gasteiger partial charge in [-0.2, -0.15) is 26.3 Å². The molecule has 0 radical (unpaired) electrons. The molecule has 174 valence electrons. The van der Waals surface area contributed by atoms with Crippen molar-refractivity contribution in [3.05, 3.63) is 53.1 Å². The Kier molecular flexibility index (Phi) is 4.89. The summed E-state index contributed by atoms with van der Waals surface area (Å²) in [5.41, 5.74) is -5.72. The molecular formula is C22H21F6NO3. The number of hydrogen-bond donors (Lipinski definition) is 2. The van der Waals surface area contributed by atoms with Gasteiger partial charge in [0.15, 0.2) is 0 Å². The molecule has 10 heteroatoms. The van der Waals surface area contributed by atoms with Crippen molar-refractivity contribution in [2.75, 3.05) is 19.0 Å². The van der Waals surface area contributed by atoms with Crippen LogP contribution in [0.4, 0.5) is 32.0 Å². The number of methoxy groups -OCH3 is 1. The predicted molar refractivity (Wildman–Crippen MR) is 104 cm³/mol. The van der Waals surface area contributed by atoms with E-state index in [0.717, 1.165) is 17.7 Å². The van der Waals surface area contributed by atoms with Crippen LogP contribution in [0.2, 0.25) is 0 Å². The maximum Gasteiger partial charge on any atom is 0.430 e. The number of anilines is 1. The molecule has 4 rings (SSSR count). The van der Waals surface area contributed by atoms with Gasteiger partial charge < -0.3 is 19.9 Å². The van der Waals surface area contributed by atoms with Crippen LogP contribution >= 0.6 is 0 Å². The molecule has 2 heterocycles. The second-order valence-electron chi connectivity index (χ2n) is 8.63. The zero-order valence-corrected chi connectivity index (χ0v) is 17.4. The molecule has 0 saturated heterocycles. The second-order valence-corrected chi connectivity index (χ2v) is 8.63. The third kappa shape index (κ3) is 3.10. The van der Waals surface area contributed by atoms with Gasteiger partial charge in [-0.3, -0.25) is 0 Å². The highest BCUT2D eigenvalue weighted by molar-refractivity contribution is 5.63. The smallest absolute Gasteiger partial charge is 0.430 e. The molecule has 2 aliphatic heterocycles. The van der Waals surface area contributed by atoms with Gasteiger partial charge in [0.25, 0.3) is 5.60 Å². The zero-order valence-electron chi connectivity index (χ0n) is 17.4. The highest BCUT2D eigenvalue weighted by Gasteiger charge is 2.71. The average molecular weight is 461 g/mol. The molecule has 2 aromatic carbocycles. The van der Waals surface area contributed by atoms with Gasteiger partial charge in [-0.25, -0.2) is 0 Å². The molecule has 0 amide bonds. The predicted octanol–water partition coefficient (Wildman–Crippen LogP) is 5.46. The molecule has 2 unspecified atom stereocenters. The van der Waals surface area contributed by atoms with Crippen LogP contribution in [0.15, 0.2) is 36.4 Å². The molecule has 0 bridgehead atoms. The molecule has 2 N–H and O–H groups in total. The Morgan fingerprint density at radius 3 is 2.28 bits per heavy atom. The molecule has 0 spiro atoms. The number of alkyl halides is 6. The molecule has 32 heavy (non-hydrogen) atoms. The van der Waals surface area contributed by atoms with E-state index >= 15 is 0 Å². The fourth-order valence-electron chi connectivity index (χ4n) is 4.61. The van der Waals surface area contributed by atoms with E-state index in [0.29, 0.717) is 23.3 Å². The summed E-state index contributed by atoms with van der Waals surface area (Å²) < 4.78 is 91.5. The fraction of sp³-hybridized carbons (Fsp3) is 0.455. The Balaban J connectivity index is 1.84. The topological polar surface area (TPSA) is 50.7 Å². The Morgan fingerprint density at radius 2 is 1.69 bits per heavy atom. The molecule has 4 nitrogen and oxygen atoms in total. The van der Waals surface area contributed by atoms with E-state index in [4.69, 9.17) is 9.47 Å². The number of ether oxygens (including phenoxy) is 2.